The summed E-state index contributed by atoms with van der Waals surface area (Å²) in [7, 11) is 1.62. The lowest BCUT2D eigenvalue weighted by molar-refractivity contribution is 0.0962. The van der Waals surface area contributed by atoms with Crippen molar-refractivity contribution in [2.45, 2.75) is 0 Å². The molecule has 0 atom stereocenters. The first-order chi connectivity index (χ1) is 10.9. The maximum Gasteiger partial charge on any atom is 0.511 e. The number of rotatable bonds is 3. The maximum absolute atomic E-state index is 10.9. The van der Waals surface area contributed by atoms with Gasteiger partial charge in [0.25, 0.3) is 5.91 Å². The summed E-state index contributed by atoms with van der Waals surface area (Å²) in [5.41, 5.74) is 0.699. The van der Waals surface area contributed by atoms with Crippen LogP contribution >= 0.6 is 0 Å². The molecule has 9 nitrogen and oxygen atoms in total. The number of benzene rings is 1. The third kappa shape index (κ3) is 6.21. The van der Waals surface area contributed by atoms with Crippen LogP contribution in [-0.4, -0.2) is 40.5 Å². The van der Waals surface area contributed by atoms with Crippen molar-refractivity contribution in [3.8, 4) is 11.5 Å². The highest BCUT2D eigenvalue weighted by molar-refractivity contribution is 5.93. The predicted octanol–water partition coefficient (Wildman–Crippen LogP) is 2.17. The van der Waals surface area contributed by atoms with E-state index in [-0.39, 0.29) is 17.4 Å². The van der Waals surface area contributed by atoms with E-state index in [9.17, 15) is 14.4 Å². The quantitative estimate of drug-likeness (QED) is 0.635. The molecule has 0 bridgehead atoms. The van der Waals surface area contributed by atoms with Crippen LogP contribution in [0.4, 0.5) is 9.59 Å². The van der Waals surface area contributed by atoms with Crippen LogP contribution in [0.5, 0.6) is 11.5 Å². The van der Waals surface area contributed by atoms with E-state index in [0.29, 0.717) is 5.56 Å². The first-order valence-electron chi connectivity index (χ1n) is 6.19. The molecule has 4 N–H and O–H groups in total. The van der Waals surface area contributed by atoms with Crippen LogP contribution < -0.4 is 14.8 Å². The minimum Gasteiger partial charge on any atom is -0.449 e. The van der Waals surface area contributed by atoms with Gasteiger partial charge in [0.05, 0.1) is 0 Å². The fraction of sp³-hybridized carbons (Fsp3) is 0.0714. The van der Waals surface area contributed by atoms with Gasteiger partial charge in [0.2, 0.25) is 0 Å². The van der Waals surface area contributed by atoms with Crippen molar-refractivity contribution in [2.24, 2.45) is 0 Å². The van der Waals surface area contributed by atoms with Crippen LogP contribution in [0.15, 0.2) is 42.7 Å². The number of hydrogen-bond donors (Lipinski definition) is 4. The molecule has 0 aliphatic rings. The Bertz CT molecular complexity index is 636. The number of aromatic amines is 1. The second kappa shape index (κ2) is 8.72. The third-order valence-electron chi connectivity index (χ3n) is 2.33. The van der Waals surface area contributed by atoms with Crippen molar-refractivity contribution in [3.05, 3.63) is 48.3 Å². The monoisotopic (exact) mass is 322 g/mol. The summed E-state index contributed by atoms with van der Waals surface area (Å²) in [6.45, 7) is 0. The van der Waals surface area contributed by atoms with Gasteiger partial charge in [-0.1, -0.05) is 18.2 Å². The Hall–Kier alpha value is -3.49. The van der Waals surface area contributed by atoms with Gasteiger partial charge < -0.3 is 30.0 Å². The molecule has 0 spiro atoms. The van der Waals surface area contributed by atoms with Gasteiger partial charge in [-0.15, -0.1) is 0 Å². The molecule has 0 saturated heterocycles. The van der Waals surface area contributed by atoms with Crippen molar-refractivity contribution >= 4 is 18.2 Å². The van der Waals surface area contributed by atoms with Gasteiger partial charge in [0.1, 0.15) is 0 Å². The average Bonchev–Trinajstić information content (AvgIpc) is 2.93. The molecular formula is C14H14N2O7. The fourth-order valence-corrected chi connectivity index (χ4v) is 1.42. The second-order valence-corrected chi connectivity index (χ2v) is 3.86. The number of carbonyl (C=O) groups excluding carboxylic acids is 1. The molecule has 9 heteroatoms. The largest absolute Gasteiger partial charge is 0.511 e. The molecule has 0 aliphatic carbocycles. The Kier molecular flexibility index (Phi) is 6.66. The summed E-state index contributed by atoms with van der Waals surface area (Å²) in [6.07, 6.45) is -0.775. The molecule has 0 saturated carbocycles. The number of nitrogens with one attached hydrogen (secondary N) is 2. The van der Waals surface area contributed by atoms with Crippen molar-refractivity contribution in [3.63, 3.8) is 0 Å². The minimum absolute atomic E-state index is 0.0411. The van der Waals surface area contributed by atoms with Gasteiger partial charge in [0, 0.05) is 25.0 Å². The van der Waals surface area contributed by atoms with Gasteiger partial charge in [-0.05, 0) is 12.1 Å². The Morgan fingerprint density at radius 2 is 1.43 bits per heavy atom. The Morgan fingerprint density at radius 3 is 1.83 bits per heavy atom. The first kappa shape index (κ1) is 17.6. The number of amides is 1. The van der Waals surface area contributed by atoms with Crippen LogP contribution in [0.2, 0.25) is 0 Å². The van der Waals surface area contributed by atoms with Crippen molar-refractivity contribution in [2.75, 3.05) is 7.05 Å². The van der Waals surface area contributed by atoms with E-state index in [1.807, 2.05) is 18.2 Å². The van der Waals surface area contributed by atoms with E-state index in [4.69, 9.17) is 10.2 Å². The Labute approximate surface area is 130 Å². The van der Waals surface area contributed by atoms with Crippen LogP contribution in [0.1, 0.15) is 10.4 Å². The maximum atomic E-state index is 10.9. The van der Waals surface area contributed by atoms with Crippen LogP contribution in [0, 0.1) is 0 Å². The zero-order valence-electron chi connectivity index (χ0n) is 12.0. The zero-order chi connectivity index (χ0) is 17.2. The summed E-state index contributed by atoms with van der Waals surface area (Å²) in [5.74, 6) is -0.439. The molecule has 1 amide bonds. The molecule has 1 aromatic heterocycles. The summed E-state index contributed by atoms with van der Waals surface area (Å²) in [5, 5.41) is 19.0. The zero-order valence-corrected chi connectivity index (χ0v) is 12.0. The van der Waals surface area contributed by atoms with Gasteiger partial charge >= 0.3 is 12.3 Å². The van der Waals surface area contributed by atoms with Crippen LogP contribution in [0.25, 0.3) is 0 Å². The third-order valence-corrected chi connectivity index (χ3v) is 2.33. The van der Waals surface area contributed by atoms with E-state index in [1.54, 1.807) is 19.2 Å². The molecule has 2 rings (SSSR count). The fourth-order valence-electron chi connectivity index (χ4n) is 1.42. The lowest BCUT2D eigenvalue weighted by atomic mass is 10.2. The van der Waals surface area contributed by atoms with Crippen molar-refractivity contribution in [1.82, 2.24) is 10.3 Å². The molecule has 0 unspecified atom stereocenters. The average molecular weight is 322 g/mol. The Balaban J connectivity index is 0.000000238. The topological polar surface area (TPSA) is 138 Å². The SMILES string of the molecule is CNC(=O)c1ccccc1.O=C(O)Oc1c[nH]cc1OC(=O)O. The highest BCUT2D eigenvalue weighted by Gasteiger charge is 2.12. The van der Waals surface area contributed by atoms with Crippen molar-refractivity contribution in [1.29, 1.82) is 0 Å². The number of hydrogen-bond acceptors (Lipinski definition) is 5. The second-order valence-electron chi connectivity index (χ2n) is 3.86. The molecule has 1 aromatic carbocycles. The van der Waals surface area contributed by atoms with Crippen molar-refractivity contribution < 1.29 is 34.1 Å². The lowest BCUT2D eigenvalue weighted by Gasteiger charge is -1.99. The smallest absolute Gasteiger partial charge is 0.449 e. The van der Waals surface area contributed by atoms with E-state index in [0.717, 1.165) is 12.4 Å². The molecule has 2 aromatic rings. The molecule has 0 fully saturated rings. The predicted molar refractivity (Wildman–Crippen MR) is 77.9 cm³/mol. The normalized spacial score (nSPS) is 9.09. The molecule has 1 heterocycles. The lowest BCUT2D eigenvalue weighted by Crippen LogP contribution is -2.17. The summed E-state index contributed by atoms with van der Waals surface area (Å²) in [6, 6.07) is 9.11. The summed E-state index contributed by atoms with van der Waals surface area (Å²) >= 11 is 0. The van der Waals surface area contributed by atoms with E-state index >= 15 is 0 Å². The minimum atomic E-state index is -1.55. The number of carbonyl (C=O) groups is 3. The van der Waals surface area contributed by atoms with Gasteiger partial charge in [-0.25, -0.2) is 9.59 Å². The van der Waals surface area contributed by atoms with Gasteiger partial charge in [0.15, 0.2) is 11.5 Å². The standard InChI is InChI=1S/C8H9NO.C6H5NO6/c1-9-8(10)7-5-3-2-4-6-7;8-5(9)12-3-1-7-2-4(3)13-6(10)11/h2-6H,1H3,(H,9,10);1-2,7H,(H,8,9)(H,10,11). The summed E-state index contributed by atoms with van der Waals surface area (Å²) < 4.78 is 8.37. The summed E-state index contributed by atoms with van der Waals surface area (Å²) in [4.78, 5) is 33.5. The highest BCUT2D eigenvalue weighted by atomic mass is 16.7. The number of H-pyrrole nitrogens is 1. The first-order valence-corrected chi connectivity index (χ1v) is 6.19. The van der Waals surface area contributed by atoms with Crippen LogP contribution in [-0.2, 0) is 0 Å². The molecule has 122 valence electrons. The molecule has 0 radical (unpaired) electrons. The van der Waals surface area contributed by atoms with E-state index in [2.05, 4.69) is 19.8 Å². The molecule has 23 heavy (non-hydrogen) atoms. The van der Waals surface area contributed by atoms with Gasteiger partial charge in [-0.2, -0.15) is 0 Å². The van der Waals surface area contributed by atoms with E-state index in [1.165, 1.54) is 0 Å². The number of ether oxygens (including phenoxy) is 2. The Morgan fingerprint density at radius 1 is 0.957 bits per heavy atom. The highest BCUT2D eigenvalue weighted by Crippen LogP contribution is 2.26. The van der Waals surface area contributed by atoms with Crippen LogP contribution in [0.3, 0.4) is 0 Å². The van der Waals surface area contributed by atoms with Gasteiger partial charge in [-0.3, -0.25) is 4.79 Å². The molecule has 0 aliphatic heterocycles. The molecular weight excluding hydrogens is 308 g/mol. The number of carboxylic acid groups (broad SMARTS) is 2. The number of aromatic nitrogens is 1. The van der Waals surface area contributed by atoms with E-state index < -0.39 is 12.3 Å².